The van der Waals surface area contributed by atoms with E-state index in [-0.39, 0.29) is 12.5 Å². The normalized spacial score (nSPS) is 10.8. The Bertz CT molecular complexity index is 841. The average molecular weight is 352 g/mol. The molecule has 0 saturated heterocycles. The molecule has 2 aromatic carbocycles. The predicted molar refractivity (Wildman–Crippen MR) is 98.7 cm³/mol. The molecule has 6 heteroatoms. The number of ether oxygens (including phenoxy) is 1. The van der Waals surface area contributed by atoms with Crippen molar-refractivity contribution in [2.24, 2.45) is 0 Å². The van der Waals surface area contributed by atoms with E-state index in [2.05, 4.69) is 10.3 Å². The number of thiazole rings is 1. The number of carbonyl (C=O) groups is 1. The molecule has 1 aromatic heterocycles. The fourth-order valence-electron chi connectivity index (χ4n) is 2.05. The number of nitrogens with zero attached hydrogens (tertiary/aromatic N) is 1. The summed E-state index contributed by atoms with van der Waals surface area (Å²) < 4.78 is 5.72. The summed E-state index contributed by atoms with van der Waals surface area (Å²) in [7, 11) is 0. The number of benzene rings is 2. The fraction of sp³-hybridized carbons (Fsp3) is 0.0526. The summed E-state index contributed by atoms with van der Waals surface area (Å²) in [5, 5.41) is 11.8. The highest BCUT2D eigenvalue weighted by molar-refractivity contribution is 7.10. The third-order valence-corrected chi connectivity index (χ3v) is 4.05. The van der Waals surface area contributed by atoms with Gasteiger partial charge in [0, 0.05) is 22.8 Å². The second kappa shape index (κ2) is 8.23. The Labute approximate surface area is 149 Å². The monoisotopic (exact) mass is 352 g/mol. The molecule has 0 aliphatic rings. The summed E-state index contributed by atoms with van der Waals surface area (Å²) in [6.07, 6.45) is 4.90. The standard InChI is InChI=1S/C19H16N2O3S/c22-12-14-1-5-16(6-2-14)24-17-7-3-15(4-8-17)21-19(23)10-9-18-11-20-13-25-18/h1-11,13,22H,12H2,(H,21,23)/b10-9+. The Morgan fingerprint density at radius 1 is 1.12 bits per heavy atom. The first-order chi connectivity index (χ1) is 12.2. The highest BCUT2D eigenvalue weighted by Gasteiger charge is 2.01. The smallest absolute Gasteiger partial charge is 0.248 e. The summed E-state index contributed by atoms with van der Waals surface area (Å²) >= 11 is 1.47. The molecule has 1 amide bonds. The van der Waals surface area contributed by atoms with Crippen molar-refractivity contribution in [1.82, 2.24) is 4.98 Å². The van der Waals surface area contributed by atoms with Crippen molar-refractivity contribution < 1.29 is 14.6 Å². The van der Waals surface area contributed by atoms with Crippen LogP contribution in [-0.4, -0.2) is 16.0 Å². The van der Waals surface area contributed by atoms with Gasteiger partial charge in [-0.1, -0.05) is 12.1 Å². The topological polar surface area (TPSA) is 71.5 Å². The molecule has 0 atom stereocenters. The van der Waals surface area contributed by atoms with Gasteiger partial charge in [0.1, 0.15) is 11.5 Å². The van der Waals surface area contributed by atoms with E-state index in [1.165, 1.54) is 17.4 Å². The minimum atomic E-state index is -0.207. The number of anilines is 1. The van der Waals surface area contributed by atoms with E-state index in [0.717, 1.165) is 10.4 Å². The molecule has 0 radical (unpaired) electrons. The van der Waals surface area contributed by atoms with Gasteiger partial charge in [-0.15, -0.1) is 11.3 Å². The highest BCUT2D eigenvalue weighted by atomic mass is 32.1. The van der Waals surface area contributed by atoms with Crippen LogP contribution in [0.25, 0.3) is 6.08 Å². The van der Waals surface area contributed by atoms with Crippen LogP contribution in [0.3, 0.4) is 0 Å². The number of amides is 1. The molecule has 2 N–H and O–H groups in total. The zero-order chi connectivity index (χ0) is 17.5. The molecule has 3 aromatic rings. The van der Waals surface area contributed by atoms with Crippen LogP contribution in [0.2, 0.25) is 0 Å². The molecule has 3 rings (SSSR count). The minimum absolute atomic E-state index is 0.00607. The maximum absolute atomic E-state index is 11.9. The Morgan fingerprint density at radius 2 is 1.80 bits per heavy atom. The van der Waals surface area contributed by atoms with Crippen LogP contribution in [-0.2, 0) is 11.4 Å². The molecule has 0 spiro atoms. The van der Waals surface area contributed by atoms with Crippen LogP contribution < -0.4 is 10.1 Å². The second-order valence-corrected chi connectivity index (χ2v) is 6.07. The fourth-order valence-corrected chi connectivity index (χ4v) is 2.57. The number of hydrogen-bond acceptors (Lipinski definition) is 5. The summed E-state index contributed by atoms with van der Waals surface area (Å²) in [6.45, 7) is 0.00607. The zero-order valence-corrected chi connectivity index (χ0v) is 14.1. The molecule has 0 bridgehead atoms. The van der Waals surface area contributed by atoms with Gasteiger partial charge in [-0.05, 0) is 48.0 Å². The quantitative estimate of drug-likeness (QED) is 0.656. The highest BCUT2D eigenvalue weighted by Crippen LogP contribution is 2.23. The van der Waals surface area contributed by atoms with Gasteiger partial charge in [0.2, 0.25) is 5.91 Å². The molecule has 25 heavy (non-hydrogen) atoms. The number of aliphatic hydroxyl groups is 1. The van der Waals surface area contributed by atoms with E-state index >= 15 is 0 Å². The number of carbonyl (C=O) groups excluding carboxylic acids is 1. The van der Waals surface area contributed by atoms with Gasteiger partial charge in [0.15, 0.2) is 0 Å². The second-order valence-electron chi connectivity index (χ2n) is 5.15. The predicted octanol–water partition coefficient (Wildman–Crippen LogP) is 4.08. The van der Waals surface area contributed by atoms with Gasteiger partial charge in [-0.25, -0.2) is 0 Å². The largest absolute Gasteiger partial charge is 0.457 e. The van der Waals surface area contributed by atoms with E-state index in [1.807, 2.05) is 0 Å². The number of aliphatic hydroxyl groups excluding tert-OH is 1. The van der Waals surface area contributed by atoms with Crippen molar-refractivity contribution in [3.8, 4) is 11.5 Å². The summed E-state index contributed by atoms with van der Waals surface area (Å²) in [4.78, 5) is 16.7. The summed E-state index contributed by atoms with van der Waals surface area (Å²) in [5.74, 6) is 1.14. The lowest BCUT2D eigenvalue weighted by Crippen LogP contribution is -2.07. The van der Waals surface area contributed by atoms with Gasteiger partial charge < -0.3 is 15.2 Å². The van der Waals surface area contributed by atoms with Gasteiger partial charge in [-0.2, -0.15) is 0 Å². The molecule has 0 unspecified atom stereocenters. The van der Waals surface area contributed by atoms with E-state index in [1.54, 1.807) is 66.3 Å². The maximum atomic E-state index is 11.9. The van der Waals surface area contributed by atoms with Crippen LogP contribution in [0, 0.1) is 0 Å². The van der Waals surface area contributed by atoms with Crippen molar-refractivity contribution in [3.63, 3.8) is 0 Å². The van der Waals surface area contributed by atoms with Crippen LogP contribution >= 0.6 is 11.3 Å². The Hall–Kier alpha value is -2.96. The first-order valence-corrected chi connectivity index (χ1v) is 8.46. The molecule has 0 aliphatic heterocycles. The van der Waals surface area contributed by atoms with Crippen LogP contribution in [0.4, 0.5) is 5.69 Å². The third-order valence-electron chi connectivity index (χ3n) is 3.31. The molecule has 1 heterocycles. The number of rotatable bonds is 6. The molecular weight excluding hydrogens is 336 g/mol. The van der Waals surface area contributed by atoms with E-state index in [4.69, 9.17) is 9.84 Å². The first-order valence-electron chi connectivity index (χ1n) is 7.58. The van der Waals surface area contributed by atoms with E-state index in [0.29, 0.717) is 17.2 Å². The third kappa shape index (κ3) is 5.00. The number of nitrogens with one attached hydrogen (secondary N) is 1. The van der Waals surface area contributed by atoms with Crippen LogP contribution in [0.1, 0.15) is 10.4 Å². The first kappa shape index (κ1) is 16.9. The SMILES string of the molecule is O=C(/C=C/c1cncs1)Nc1ccc(Oc2ccc(CO)cc2)cc1. The van der Waals surface area contributed by atoms with Crippen LogP contribution in [0.15, 0.2) is 66.3 Å². The number of aromatic nitrogens is 1. The van der Waals surface area contributed by atoms with Crippen molar-refractivity contribution in [1.29, 1.82) is 0 Å². The summed E-state index contributed by atoms with van der Waals surface area (Å²) in [5.41, 5.74) is 3.23. The molecule has 0 aliphatic carbocycles. The van der Waals surface area contributed by atoms with Crippen molar-refractivity contribution in [2.45, 2.75) is 6.61 Å². The van der Waals surface area contributed by atoms with Crippen LogP contribution in [0.5, 0.6) is 11.5 Å². The molecule has 0 saturated carbocycles. The van der Waals surface area contributed by atoms with Gasteiger partial charge in [0.25, 0.3) is 0 Å². The van der Waals surface area contributed by atoms with Crippen molar-refractivity contribution in [3.05, 3.63) is 76.8 Å². The van der Waals surface area contributed by atoms with Gasteiger partial charge >= 0.3 is 0 Å². The Morgan fingerprint density at radius 3 is 2.40 bits per heavy atom. The molecule has 126 valence electrons. The molecule has 5 nitrogen and oxygen atoms in total. The maximum Gasteiger partial charge on any atom is 0.248 e. The van der Waals surface area contributed by atoms with Crippen molar-refractivity contribution in [2.75, 3.05) is 5.32 Å². The molecule has 0 fully saturated rings. The summed E-state index contributed by atoms with van der Waals surface area (Å²) in [6, 6.07) is 14.3. The lowest BCUT2D eigenvalue weighted by atomic mass is 10.2. The Balaban J connectivity index is 1.57. The molecular formula is C19H16N2O3S. The Kier molecular flexibility index (Phi) is 5.56. The zero-order valence-electron chi connectivity index (χ0n) is 13.3. The number of hydrogen-bond donors (Lipinski definition) is 2. The van der Waals surface area contributed by atoms with Crippen molar-refractivity contribution >= 4 is 29.0 Å². The van der Waals surface area contributed by atoms with E-state index < -0.39 is 0 Å². The van der Waals surface area contributed by atoms with Gasteiger partial charge in [-0.3, -0.25) is 9.78 Å². The van der Waals surface area contributed by atoms with Gasteiger partial charge in [0.05, 0.1) is 12.1 Å². The lowest BCUT2D eigenvalue weighted by Gasteiger charge is -2.07. The van der Waals surface area contributed by atoms with E-state index in [9.17, 15) is 4.79 Å². The lowest BCUT2D eigenvalue weighted by molar-refractivity contribution is -0.111. The average Bonchev–Trinajstić information content (AvgIpc) is 3.16. The minimum Gasteiger partial charge on any atom is -0.457 e.